The van der Waals surface area contributed by atoms with E-state index in [1.54, 1.807) is 37.5 Å². The molecule has 1 heterocycles. The van der Waals surface area contributed by atoms with Crippen molar-refractivity contribution in [2.75, 3.05) is 18.6 Å². The SMILES string of the molecule is COc1ccc2cc(N(C(C)=O)[C@@H](Cc3ccc(O)cc3)C(=O)NCC3C=C(Cl)NO3)ccc2c1. The molecule has 3 aromatic rings. The summed E-state index contributed by atoms with van der Waals surface area (Å²) in [6, 6.07) is 17.0. The van der Waals surface area contributed by atoms with Gasteiger partial charge in [0.05, 0.1) is 13.7 Å². The van der Waals surface area contributed by atoms with E-state index >= 15 is 0 Å². The molecule has 2 amide bonds. The van der Waals surface area contributed by atoms with Crippen LogP contribution in [-0.2, 0) is 20.8 Å². The standard InChI is InChI=1S/C26H26ClN3O5/c1-16(31)30(20-7-5-19-13-22(34-2)10-6-18(19)12-20)24(11-17-3-8-21(32)9-4-17)26(33)28-15-23-14-25(27)29-35-23/h3-10,12-14,23-24,29,32H,11,15H2,1-2H3,(H,28,33)/t23?,24-/m0/s1. The fourth-order valence-electron chi connectivity index (χ4n) is 4.01. The number of ether oxygens (including phenoxy) is 1. The topological polar surface area (TPSA) is 100 Å². The van der Waals surface area contributed by atoms with Gasteiger partial charge >= 0.3 is 0 Å². The molecule has 8 nitrogen and oxygen atoms in total. The molecule has 4 rings (SSSR count). The zero-order chi connectivity index (χ0) is 24.9. The third kappa shape index (κ3) is 5.85. The number of methoxy groups -OCH3 is 1. The maximum atomic E-state index is 13.4. The lowest BCUT2D eigenvalue weighted by Crippen LogP contribution is -2.51. The smallest absolute Gasteiger partial charge is 0.243 e. The Hall–Kier alpha value is -3.75. The number of nitrogens with zero attached hydrogens (tertiary/aromatic N) is 1. The summed E-state index contributed by atoms with van der Waals surface area (Å²) < 4.78 is 5.30. The number of hydrogen-bond acceptors (Lipinski definition) is 6. The van der Waals surface area contributed by atoms with Crippen molar-refractivity contribution in [3.8, 4) is 11.5 Å². The van der Waals surface area contributed by atoms with Gasteiger partial charge in [0.15, 0.2) is 0 Å². The molecule has 0 aliphatic carbocycles. The van der Waals surface area contributed by atoms with Crippen LogP contribution in [0.1, 0.15) is 12.5 Å². The molecule has 1 aliphatic rings. The quantitative estimate of drug-likeness (QED) is 0.413. The van der Waals surface area contributed by atoms with Gasteiger partial charge in [0.25, 0.3) is 0 Å². The van der Waals surface area contributed by atoms with Gasteiger partial charge in [-0.05, 0) is 58.8 Å². The fourth-order valence-corrected chi connectivity index (χ4v) is 4.19. The Bertz CT molecular complexity index is 1260. The summed E-state index contributed by atoms with van der Waals surface area (Å²) >= 11 is 5.87. The average molecular weight is 496 g/mol. The molecule has 0 radical (unpaired) electrons. The van der Waals surface area contributed by atoms with E-state index in [0.29, 0.717) is 10.8 Å². The van der Waals surface area contributed by atoms with Crippen molar-refractivity contribution < 1.29 is 24.3 Å². The Morgan fingerprint density at radius 2 is 1.86 bits per heavy atom. The van der Waals surface area contributed by atoms with Crippen LogP contribution in [0.5, 0.6) is 11.5 Å². The minimum atomic E-state index is -0.846. The summed E-state index contributed by atoms with van der Waals surface area (Å²) in [6.07, 6.45) is 1.46. The molecule has 0 saturated carbocycles. The number of carbonyl (C=O) groups is 2. The molecule has 35 heavy (non-hydrogen) atoms. The number of hydroxylamine groups is 1. The van der Waals surface area contributed by atoms with Crippen LogP contribution in [0.2, 0.25) is 0 Å². The Morgan fingerprint density at radius 3 is 2.51 bits per heavy atom. The molecule has 3 aromatic carbocycles. The van der Waals surface area contributed by atoms with Gasteiger partial charge in [0.2, 0.25) is 11.8 Å². The Labute approximate surface area is 208 Å². The average Bonchev–Trinajstić information content (AvgIpc) is 3.27. The van der Waals surface area contributed by atoms with Crippen molar-refractivity contribution in [3.05, 3.63) is 77.5 Å². The molecular formula is C26H26ClN3O5. The van der Waals surface area contributed by atoms with Crippen LogP contribution in [-0.4, -0.2) is 42.7 Å². The Kier molecular flexibility index (Phi) is 7.43. The van der Waals surface area contributed by atoms with E-state index < -0.39 is 12.1 Å². The second-order valence-corrected chi connectivity index (χ2v) is 8.60. The van der Waals surface area contributed by atoms with E-state index in [9.17, 15) is 14.7 Å². The molecule has 1 aliphatic heterocycles. The van der Waals surface area contributed by atoms with Gasteiger partial charge in [0, 0.05) is 19.0 Å². The number of carbonyl (C=O) groups excluding carboxylic acids is 2. The van der Waals surface area contributed by atoms with Crippen LogP contribution in [0, 0.1) is 0 Å². The van der Waals surface area contributed by atoms with Crippen molar-refractivity contribution in [3.63, 3.8) is 0 Å². The lowest BCUT2D eigenvalue weighted by Gasteiger charge is -2.31. The zero-order valence-corrected chi connectivity index (χ0v) is 20.1. The lowest BCUT2D eigenvalue weighted by atomic mass is 10.0. The summed E-state index contributed by atoms with van der Waals surface area (Å²) in [6.45, 7) is 1.61. The Balaban J connectivity index is 1.66. The number of phenolic OH excluding ortho intramolecular Hbond substituents is 1. The fraction of sp³-hybridized carbons (Fsp3) is 0.231. The van der Waals surface area contributed by atoms with Gasteiger partial charge in [-0.3, -0.25) is 24.8 Å². The summed E-state index contributed by atoms with van der Waals surface area (Å²) in [5.74, 6) is 0.232. The van der Waals surface area contributed by atoms with Crippen LogP contribution in [0.4, 0.5) is 5.69 Å². The molecule has 0 bridgehead atoms. The second kappa shape index (κ2) is 10.7. The van der Waals surface area contributed by atoms with E-state index in [0.717, 1.165) is 22.1 Å². The van der Waals surface area contributed by atoms with Crippen molar-refractivity contribution in [1.29, 1.82) is 0 Å². The van der Waals surface area contributed by atoms with E-state index in [1.165, 1.54) is 11.8 Å². The van der Waals surface area contributed by atoms with Gasteiger partial charge in [-0.15, -0.1) is 0 Å². The number of amides is 2. The molecule has 0 spiro atoms. The first kappa shape index (κ1) is 24.4. The second-order valence-electron chi connectivity index (χ2n) is 8.19. The third-order valence-corrected chi connectivity index (χ3v) is 5.95. The minimum absolute atomic E-state index is 0.123. The normalized spacial score (nSPS) is 15.7. The van der Waals surface area contributed by atoms with Crippen LogP contribution in [0.15, 0.2) is 71.9 Å². The monoisotopic (exact) mass is 495 g/mol. The summed E-state index contributed by atoms with van der Waals surface area (Å²) in [4.78, 5) is 33.1. The van der Waals surface area contributed by atoms with E-state index in [1.807, 2.05) is 36.4 Å². The highest BCUT2D eigenvalue weighted by Crippen LogP contribution is 2.28. The number of rotatable bonds is 8. The highest BCUT2D eigenvalue weighted by atomic mass is 35.5. The lowest BCUT2D eigenvalue weighted by molar-refractivity contribution is -0.126. The van der Waals surface area contributed by atoms with E-state index in [2.05, 4.69) is 10.8 Å². The number of benzene rings is 3. The molecule has 0 fully saturated rings. The number of nitrogens with one attached hydrogen (secondary N) is 2. The molecule has 1 unspecified atom stereocenters. The third-order valence-electron chi connectivity index (χ3n) is 5.75. The van der Waals surface area contributed by atoms with Crippen LogP contribution < -0.4 is 20.4 Å². The minimum Gasteiger partial charge on any atom is -0.508 e. The maximum Gasteiger partial charge on any atom is 0.243 e. The Morgan fingerprint density at radius 1 is 1.14 bits per heavy atom. The van der Waals surface area contributed by atoms with Crippen molar-refractivity contribution >= 4 is 39.9 Å². The number of fused-ring (bicyclic) bond motifs is 1. The first-order valence-corrected chi connectivity index (χ1v) is 11.4. The predicted octanol–water partition coefficient (Wildman–Crippen LogP) is 3.62. The number of anilines is 1. The summed E-state index contributed by atoms with van der Waals surface area (Å²) in [5.41, 5.74) is 3.92. The molecule has 0 aromatic heterocycles. The predicted molar refractivity (Wildman–Crippen MR) is 134 cm³/mol. The van der Waals surface area contributed by atoms with Gasteiger partial charge in [0.1, 0.15) is 28.8 Å². The van der Waals surface area contributed by atoms with E-state index in [4.69, 9.17) is 21.2 Å². The van der Waals surface area contributed by atoms with Crippen molar-refractivity contribution in [1.82, 2.24) is 10.8 Å². The van der Waals surface area contributed by atoms with E-state index in [-0.39, 0.29) is 30.5 Å². The highest BCUT2D eigenvalue weighted by Gasteiger charge is 2.30. The highest BCUT2D eigenvalue weighted by molar-refractivity contribution is 6.29. The van der Waals surface area contributed by atoms with Crippen molar-refractivity contribution in [2.45, 2.75) is 25.5 Å². The number of halogens is 1. The number of phenols is 1. The van der Waals surface area contributed by atoms with Crippen LogP contribution in [0.25, 0.3) is 10.8 Å². The summed E-state index contributed by atoms with van der Waals surface area (Å²) in [5, 5.41) is 14.7. The summed E-state index contributed by atoms with van der Waals surface area (Å²) in [7, 11) is 1.61. The molecule has 182 valence electrons. The number of aromatic hydroxyl groups is 1. The molecule has 9 heteroatoms. The van der Waals surface area contributed by atoms with Gasteiger partial charge in [-0.2, -0.15) is 0 Å². The molecular weight excluding hydrogens is 470 g/mol. The first-order valence-electron chi connectivity index (χ1n) is 11.1. The largest absolute Gasteiger partial charge is 0.508 e. The van der Waals surface area contributed by atoms with Crippen LogP contribution >= 0.6 is 11.6 Å². The van der Waals surface area contributed by atoms with Crippen LogP contribution in [0.3, 0.4) is 0 Å². The van der Waals surface area contributed by atoms with Gasteiger partial charge in [-0.1, -0.05) is 35.9 Å². The first-order chi connectivity index (χ1) is 16.8. The maximum absolute atomic E-state index is 13.4. The van der Waals surface area contributed by atoms with Crippen molar-refractivity contribution in [2.24, 2.45) is 0 Å². The number of hydrogen-bond donors (Lipinski definition) is 3. The molecule has 2 atom stereocenters. The van der Waals surface area contributed by atoms with Gasteiger partial charge in [-0.25, -0.2) is 0 Å². The zero-order valence-electron chi connectivity index (χ0n) is 19.3. The molecule has 3 N–H and O–H groups in total. The molecule has 0 saturated heterocycles. The van der Waals surface area contributed by atoms with Gasteiger partial charge < -0.3 is 15.2 Å².